The minimum absolute atomic E-state index is 0.0161. The molecule has 8 nitrogen and oxygen atoms in total. The lowest BCUT2D eigenvalue weighted by Crippen LogP contribution is -2.37. The summed E-state index contributed by atoms with van der Waals surface area (Å²) in [5, 5.41) is 7.16. The molecule has 0 aliphatic carbocycles. The van der Waals surface area contributed by atoms with E-state index in [-0.39, 0.29) is 24.5 Å². The highest BCUT2D eigenvalue weighted by Gasteiger charge is 2.33. The van der Waals surface area contributed by atoms with E-state index in [0.717, 1.165) is 11.0 Å². The summed E-state index contributed by atoms with van der Waals surface area (Å²) in [6, 6.07) is 4.03. The molecule has 1 aliphatic heterocycles. The van der Waals surface area contributed by atoms with E-state index in [4.69, 9.17) is 4.74 Å². The Labute approximate surface area is 146 Å². The molecular weight excluding hydrogens is 357 g/mol. The Hall–Kier alpha value is -2.98. The lowest BCUT2D eigenvalue weighted by molar-refractivity contribution is -0.132. The van der Waals surface area contributed by atoms with Gasteiger partial charge in [-0.25, -0.2) is 9.18 Å². The van der Waals surface area contributed by atoms with Gasteiger partial charge in [-0.3, -0.25) is 14.5 Å². The molecule has 3 N–H and O–H groups in total. The molecule has 0 radical (unpaired) electrons. The zero-order valence-electron chi connectivity index (χ0n) is 13.5. The van der Waals surface area contributed by atoms with Crippen molar-refractivity contribution in [1.82, 2.24) is 10.6 Å². The number of alkyl halides is 2. The van der Waals surface area contributed by atoms with Gasteiger partial charge in [-0.2, -0.15) is 8.78 Å². The molecule has 0 spiro atoms. The molecule has 2 rings (SSSR count). The quantitative estimate of drug-likeness (QED) is 0.436. The third-order valence-electron chi connectivity index (χ3n) is 3.51. The second kappa shape index (κ2) is 8.92. The molecule has 1 aliphatic rings. The van der Waals surface area contributed by atoms with Crippen LogP contribution in [0.5, 0.6) is 0 Å². The average molecular weight is 374 g/mol. The number of rotatable bonds is 9. The van der Waals surface area contributed by atoms with Crippen LogP contribution in [0.1, 0.15) is 0 Å². The fraction of sp³-hybridized carbons (Fsp3) is 0.400. The summed E-state index contributed by atoms with van der Waals surface area (Å²) >= 11 is 0. The summed E-state index contributed by atoms with van der Waals surface area (Å²) in [5.41, 5.74) is 0.418. The molecule has 11 heteroatoms. The lowest BCUT2D eigenvalue weighted by Gasteiger charge is -2.15. The number of amides is 3. The number of carbonyl (C=O) groups excluding carboxylic acids is 3. The molecule has 142 valence electrons. The molecule has 1 aromatic carbocycles. The zero-order chi connectivity index (χ0) is 19.1. The number of hydrogen-bond acceptors (Lipinski definition) is 5. The minimum Gasteiger partial charge on any atom is -0.442 e. The molecular formula is C15H17F3N4O4. The smallest absolute Gasteiger partial charge is 0.414 e. The van der Waals surface area contributed by atoms with Crippen molar-refractivity contribution < 1.29 is 32.3 Å². The van der Waals surface area contributed by atoms with Crippen molar-refractivity contribution >= 4 is 29.8 Å². The fourth-order valence-electron chi connectivity index (χ4n) is 2.27. The average Bonchev–Trinajstić information content (AvgIpc) is 2.98. The van der Waals surface area contributed by atoms with Crippen molar-refractivity contribution in [3.63, 3.8) is 0 Å². The number of carbonyl (C=O) groups is 3. The maximum Gasteiger partial charge on any atom is 0.414 e. The van der Waals surface area contributed by atoms with Gasteiger partial charge in [-0.05, 0) is 18.2 Å². The van der Waals surface area contributed by atoms with E-state index >= 15 is 0 Å². The SMILES string of the molecule is O=CNCCNc1ccc(N2C[C@H](CNC(=O)C(F)F)OC2=O)cc1F. The number of nitrogens with zero attached hydrogens (tertiary/aromatic N) is 1. The Kier molecular flexibility index (Phi) is 6.64. The van der Waals surface area contributed by atoms with E-state index in [1.54, 1.807) is 0 Å². The monoisotopic (exact) mass is 374 g/mol. The molecule has 1 saturated heterocycles. The van der Waals surface area contributed by atoms with Crippen molar-refractivity contribution in [2.75, 3.05) is 36.4 Å². The normalized spacial score (nSPS) is 16.4. The van der Waals surface area contributed by atoms with Crippen LogP contribution in [0.4, 0.5) is 29.3 Å². The topological polar surface area (TPSA) is 99.8 Å². The molecule has 1 atom stereocenters. The maximum absolute atomic E-state index is 14.1. The summed E-state index contributed by atoms with van der Waals surface area (Å²) in [6.45, 7) is 0.344. The first-order valence-corrected chi connectivity index (χ1v) is 7.67. The van der Waals surface area contributed by atoms with Crippen LogP contribution >= 0.6 is 0 Å². The second-order valence-corrected chi connectivity index (χ2v) is 5.33. The number of benzene rings is 1. The first kappa shape index (κ1) is 19.3. The van der Waals surface area contributed by atoms with E-state index < -0.39 is 30.3 Å². The Morgan fingerprint density at radius 1 is 1.38 bits per heavy atom. The number of hydrogen-bond donors (Lipinski definition) is 3. The molecule has 3 amide bonds. The molecule has 1 fully saturated rings. The van der Waals surface area contributed by atoms with Crippen LogP contribution < -0.4 is 20.9 Å². The summed E-state index contributed by atoms with van der Waals surface area (Å²) in [5.74, 6) is -2.07. The summed E-state index contributed by atoms with van der Waals surface area (Å²) in [7, 11) is 0. The summed E-state index contributed by atoms with van der Waals surface area (Å²) in [6.07, 6.45) is -4.21. The number of cyclic esters (lactones) is 1. The third kappa shape index (κ3) is 5.01. The Balaban J connectivity index is 1.93. The first-order valence-electron chi connectivity index (χ1n) is 7.67. The van der Waals surface area contributed by atoms with Gasteiger partial charge in [0.2, 0.25) is 6.41 Å². The van der Waals surface area contributed by atoms with E-state index in [0.29, 0.717) is 19.5 Å². The lowest BCUT2D eigenvalue weighted by atomic mass is 10.2. The minimum atomic E-state index is -3.15. The predicted molar refractivity (Wildman–Crippen MR) is 85.6 cm³/mol. The van der Waals surface area contributed by atoms with Crippen molar-refractivity contribution in [2.24, 2.45) is 0 Å². The molecule has 0 unspecified atom stereocenters. The van der Waals surface area contributed by atoms with Crippen molar-refractivity contribution in [2.45, 2.75) is 12.5 Å². The number of anilines is 2. The van der Waals surface area contributed by atoms with Gasteiger partial charge in [0.05, 0.1) is 24.5 Å². The van der Waals surface area contributed by atoms with Gasteiger partial charge in [0, 0.05) is 13.1 Å². The van der Waals surface area contributed by atoms with Crippen molar-refractivity contribution in [3.8, 4) is 0 Å². The number of nitrogens with one attached hydrogen (secondary N) is 3. The van der Waals surface area contributed by atoms with Crippen LogP contribution in [0.3, 0.4) is 0 Å². The highest BCUT2D eigenvalue weighted by Crippen LogP contribution is 2.25. The predicted octanol–water partition coefficient (Wildman–Crippen LogP) is 0.690. The van der Waals surface area contributed by atoms with Gasteiger partial charge < -0.3 is 20.7 Å². The largest absolute Gasteiger partial charge is 0.442 e. The van der Waals surface area contributed by atoms with Crippen LogP contribution in [0.2, 0.25) is 0 Å². The van der Waals surface area contributed by atoms with Crippen LogP contribution in [0.25, 0.3) is 0 Å². The number of halogens is 3. The zero-order valence-corrected chi connectivity index (χ0v) is 13.5. The molecule has 1 heterocycles. The van der Waals surface area contributed by atoms with Gasteiger partial charge in [-0.1, -0.05) is 0 Å². The molecule has 0 bridgehead atoms. The second-order valence-electron chi connectivity index (χ2n) is 5.33. The molecule has 0 aromatic heterocycles. The highest BCUT2D eigenvalue weighted by atomic mass is 19.3. The van der Waals surface area contributed by atoms with Gasteiger partial charge >= 0.3 is 12.5 Å². The van der Waals surface area contributed by atoms with E-state index in [1.165, 1.54) is 12.1 Å². The van der Waals surface area contributed by atoms with E-state index in [1.807, 2.05) is 5.32 Å². The highest BCUT2D eigenvalue weighted by molar-refractivity contribution is 5.90. The van der Waals surface area contributed by atoms with E-state index in [9.17, 15) is 27.6 Å². The Morgan fingerprint density at radius 2 is 2.15 bits per heavy atom. The van der Waals surface area contributed by atoms with E-state index in [2.05, 4.69) is 10.6 Å². The van der Waals surface area contributed by atoms with Crippen molar-refractivity contribution in [1.29, 1.82) is 0 Å². The molecule has 1 aromatic rings. The van der Waals surface area contributed by atoms with Crippen LogP contribution in [0.15, 0.2) is 18.2 Å². The third-order valence-corrected chi connectivity index (χ3v) is 3.51. The number of ether oxygens (including phenoxy) is 1. The van der Waals surface area contributed by atoms with Crippen LogP contribution in [-0.4, -0.2) is 57.1 Å². The van der Waals surface area contributed by atoms with Gasteiger partial charge in [0.1, 0.15) is 11.9 Å². The Bertz CT molecular complexity index is 674. The van der Waals surface area contributed by atoms with Crippen LogP contribution in [-0.2, 0) is 14.3 Å². The van der Waals surface area contributed by atoms with Gasteiger partial charge in [-0.15, -0.1) is 0 Å². The van der Waals surface area contributed by atoms with Gasteiger partial charge in [0.15, 0.2) is 0 Å². The first-order chi connectivity index (χ1) is 12.4. The summed E-state index contributed by atoms with van der Waals surface area (Å²) in [4.78, 5) is 34.0. The standard InChI is InChI=1S/C15H17F3N4O4/c16-11-5-9(1-2-12(11)20-4-3-19-8-23)22-7-10(26-15(22)25)6-21-14(24)13(17)18/h1-2,5,8,10,13,20H,3-4,6-7H2,(H,19,23)(H,21,24)/t10-/m0/s1. The maximum atomic E-state index is 14.1. The van der Waals surface area contributed by atoms with Crippen molar-refractivity contribution in [3.05, 3.63) is 24.0 Å². The Morgan fingerprint density at radius 3 is 2.81 bits per heavy atom. The molecule has 0 saturated carbocycles. The summed E-state index contributed by atoms with van der Waals surface area (Å²) < 4.78 is 43.3. The van der Waals surface area contributed by atoms with Gasteiger partial charge in [0.25, 0.3) is 5.91 Å². The fourth-order valence-corrected chi connectivity index (χ4v) is 2.27. The molecule has 26 heavy (non-hydrogen) atoms. The van der Waals surface area contributed by atoms with Crippen LogP contribution in [0, 0.1) is 5.82 Å².